The average Bonchev–Trinajstić information content (AvgIpc) is 3.10. The van der Waals surface area contributed by atoms with Crippen molar-refractivity contribution < 1.29 is 4.42 Å². The number of nitrogens with zero attached hydrogens (tertiary/aromatic N) is 3. The monoisotopic (exact) mass is 311 g/mol. The van der Waals surface area contributed by atoms with E-state index in [1.807, 2.05) is 12.1 Å². The Labute approximate surface area is 138 Å². The van der Waals surface area contributed by atoms with Crippen molar-refractivity contribution in [3.63, 3.8) is 0 Å². The van der Waals surface area contributed by atoms with Crippen molar-refractivity contribution in [2.24, 2.45) is 0 Å². The van der Waals surface area contributed by atoms with Crippen LogP contribution < -0.4 is 0 Å². The molecule has 0 saturated carbocycles. The number of hydrogen-bond acceptors (Lipinski definition) is 4. The Bertz CT molecular complexity index is 623. The van der Waals surface area contributed by atoms with Crippen LogP contribution in [-0.2, 0) is 6.54 Å². The van der Waals surface area contributed by atoms with E-state index in [0.717, 1.165) is 17.9 Å². The van der Waals surface area contributed by atoms with E-state index in [-0.39, 0.29) is 0 Å². The van der Waals surface area contributed by atoms with Crippen LogP contribution >= 0.6 is 0 Å². The molecule has 1 aromatic heterocycles. The van der Waals surface area contributed by atoms with E-state index < -0.39 is 0 Å². The second-order valence-electron chi connectivity index (χ2n) is 6.86. The van der Waals surface area contributed by atoms with Crippen LogP contribution in [0.25, 0.3) is 11.3 Å². The largest absolute Gasteiger partial charge is 0.464 e. The zero-order valence-corrected chi connectivity index (χ0v) is 13.8. The predicted molar refractivity (Wildman–Crippen MR) is 92.3 cm³/mol. The van der Waals surface area contributed by atoms with Gasteiger partial charge < -0.3 is 9.32 Å². The lowest BCUT2D eigenvalue weighted by Crippen LogP contribution is -2.60. The summed E-state index contributed by atoms with van der Waals surface area (Å²) in [7, 11) is 2.24. The minimum absolute atomic E-state index is 0.699. The van der Waals surface area contributed by atoms with E-state index >= 15 is 0 Å². The molecule has 2 aliphatic heterocycles. The summed E-state index contributed by atoms with van der Waals surface area (Å²) in [6.07, 6.45) is 1.73. The maximum Gasteiger partial charge on any atom is 0.133 e. The summed E-state index contributed by atoms with van der Waals surface area (Å²) in [6.45, 7) is 8.27. The van der Waals surface area contributed by atoms with E-state index in [0.29, 0.717) is 6.04 Å². The highest BCUT2D eigenvalue weighted by atomic mass is 16.3. The Kier molecular flexibility index (Phi) is 4.21. The minimum Gasteiger partial charge on any atom is -0.464 e. The first kappa shape index (κ1) is 14.9. The van der Waals surface area contributed by atoms with Crippen LogP contribution in [-0.4, -0.2) is 67.1 Å². The Morgan fingerprint density at radius 2 is 1.83 bits per heavy atom. The van der Waals surface area contributed by atoms with Gasteiger partial charge in [0, 0.05) is 57.4 Å². The summed E-state index contributed by atoms with van der Waals surface area (Å²) >= 11 is 0. The fraction of sp³-hybridized carbons (Fsp3) is 0.474. The number of furan rings is 1. The van der Waals surface area contributed by atoms with Gasteiger partial charge in [-0.15, -0.1) is 0 Å². The lowest BCUT2D eigenvalue weighted by Gasteiger charge is -2.46. The first-order chi connectivity index (χ1) is 11.3. The minimum atomic E-state index is 0.699. The summed E-state index contributed by atoms with van der Waals surface area (Å²) in [4.78, 5) is 7.72. The fourth-order valence-corrected chi connectivity index (χ4v) is 3.79. The average molecular weight is 311 g/mol. The molecular formula is C19H25N3O. The lowest BCUT2D eigenvalue weighted by molar-refractivity contribution is 0.0175. The first-order valence-electron chi connectivity index (χ1n) is 8.56. The van der Waals surface area contributed by atoms with Gasteiger partial charge in [0.2, 0.25) is 0 Å². The molecular weight excluding hydrogens is 286 g/mol. The lowest BCUT2D eigenvalue weighted by atomic mass is 10.1. The van der Waals surface area contributed by atoms with Crippen molar-refractivity contribution in [1.82, 2.24) is 14.7 Å². The number of benzene rings is 1. The van der Waals surface area contributed by atoms with Crippen molar-refractivity contribution in [3.8, 4) is 11.3 Å². The third-order valence-electron chi connectivity index (χ3n) is 5.15. The van der Waals surface area contributed by atoms with Crippen molar-refractivity contribution in [2.45, 2.75) is 12.6 Å². The molecule has 0 radical (unpaired) electrons. The number of hydrogen-bond donors (Lipinski definition) is 0. The van der Waals surface area contributed by atoms with E-state index in [4.69, 9.17) is 4.42 Å². The van der Waals surface area contributed by atoms with Gasteiger partial charge in [0.25, 0.3) is 0 Å². The van der Waals surface area contributed by atoms with Crippen LogP contribution in [0.5, 0.6) is 0 Å². The molecule has 2 saturated heterocycles. The van der Waals surface area contributed by atoms with E-state index in [1.165, 1.54) is 44.8 Å². The smallest absolute Gasteiger partial charge is 0.133 e. The molecule has 2 aliphatic rings. The maximum atomic E-state index is 5.46. The highest BCUT2D eigenvalue weighted by Crippen LogP contribution is 2.21. The van der Waals surface area contributed by atoms with Crippen LogP contribution in [0.3, 0.4) is 0 Å². The molecule has 3 heterocycles. The number of likely N-dealkylation sites (N-methyl/N-ethyl adjacent to an activating group) is 1. The molecule has 23 heavy (non-hydrogen) atoms. The molecule has 4 rings (SSSR count). The molecule has 0 bridgehead atoms. The van der Waals surface area contributed by atoms with E-state index in [9.17, 15) is 0 Å². The zero-order valence-electron chi connectivity index (χ0n) is 13.8. The number of piperazine rings is 2. The van der Waals surface area contributed by atoms with Crippen LogP contribution in [0.1, 0.15) is 5.56 Å². The molecule has 122 valence electrons. The zero-order chi connectivity index (χ0) is 15.6. The molecule has 4 heteroatoms. The normalized spacial score (nSPS) is 23.8. The van der Waals surface area contributed by atoms with Crippen LogP contribution in [0.4, 0.5) is 0 Å². The molecule has 0 spiro atoms. The summed E-state index contributed by atoms with van der Waals surface area (Å²) in [6, 6.07) is 13.4. The molecule has 0 unspecified atom stereocenters. The second-order valence-corrected chi connectivity index (χ2v) is 6.86. The molecule has 4 nitrogen and oxygen atoms in total. The van der Waals surface area contributed by atoms with Crippen LogP contribution in [0.2, 0.25) is 0 Å². The van der Waals surface area contributed by atoms with Gasteiger partial charge in [-0.3, -0.25) is 9.80 Å². The SMILES string of the molecule is CN1CCN2CCN(Cc3ccc(-c4ccco4)cc3)C[C@H]2C1. The van der Waals surface area contributed by atoms with Crippen molar-refractivity contribution in [3.05, 3.63) is 48.2 Å². The predicted octanol–water partition coefficient (Wildman–Crippen LogP) is 2.38. The Morgan fingerprint density at radius 3 is 2.61 bits per heavy atom. The van der Waals surface area contributed by atoms with Gasteiger partial charge in [-0.25, -0.2) is 0 Å². The summed E-state index contributed by atoms with van der Waals surface area (Å²) in [5.41, 5.74) is 2.54. The molecule has 2 fully saturated rings. The second kappa shape index (κ2) is 6.48. The van der Waals surface area contributed by atoms with E-state index in [1.54, 1.807) is 6.26 Å². The van der Waals surface area contributed by atoms with E-state index in [2.05, 4.69) is 46.0 Å². The van der Waals surface area contributed by atoms with Gasteiger partial charge in [0.1, 0.15) is 5.76 Å². The molecule has 1 atom stereocenters. The van der Waals surface area contributed by atoms with Gasteiger partial charge >= 0.3 is 0 Å². The highest BCUT2D eigenvalue weighted by molar-refractivity contribution is 5.57. The molecule has 2 aromatic rings. The van der Waals surface area contributed by atoms with Gasteiger partial charge in [0.05, 0.1) is 6.26 Å². The molecule has 0 aliphatic carbocycles. The van der Waals surface area contributed by atoms with Gasteiger partial charge in [-0.05, 0) is 24.7 Å². The standard InChI is InChI=1S/C19H25N3O/c1-20-8-10-22-11-9-21(15-18(22)14-20)13-16-4-6-17(7-5-16)19-3-2-12-23-19/h2-7,12,18H,8-11,13-15H2,1H3/t18-/m1/s1. The van der Waals surface area contributed by atoms with Crippen molar-refractivity contribution in [1.29, 1.82) is 0 Å². The summed E-state index contributed by atoms with van der Waals surface area (Å²) in [5, 5.41) is 0. The fourth-order valence-electron chi connectivity index (χ4n) is 3.79. The quantitative estimate of drug-likeness (QED) is 0.868. The summed E-state index contributed by atoms with van der Waals surface area (Å²) in [5.74, 6) is 0.940. The molecule has 0 N–H and O–H groups in total. The van der Waals surface area contributed by atoms with Crippen LogP contribution in [0, 0.1) is 0 Å². The number of rotatable bonds is 3. The van der Waals surface area contributed by atoms with Crippen molar-refractivity contribution >= 4 is 0 Å². The van der Waals surface area contributed by atoms with Gasteiger partial charge in [-0.2, -0.15) is 0 Å². The summed E-state index contributed by atoms with van der Waals surface area (Å²) < 4.78 is 5.46. The van der Waals surface area contributed by atoms with Gasteiger partial charge in [-0.1, -0.05) is 24.3 Å². The highest BCUT2D eigenvalue weighted by Gasteiger charge is 2.30. The third kappa shape index (κ3) is 3.34. The van der Waals surface area contributed by atoms with Crippen molar-refractivity contribution in [2.75, 3.05) is 46.3 Å². The third-order valence-corrected chi connectivity index (χ3v) is 5.15. The van der Waals surface area contributed by atoms with Gasteiger partial charge in [0.15, 0.2) is 0 Å². The number of fused-ring (bicyclic) bond motifs is 1. The Morgan fingerprint density at radius 1 is 1.00 bits per heavy atom. The molecule has 1 aromatic carbocycles. The Hall–Kier alpha value is -1.62. The maximum absolute atomic E-state index is 5.46. The van der Waals surface area contributed by atoms with Crippen LogP contribution in [0.15, 0.2) is 47.1 Å². The Balaban J connectivity index is 1.38. The first-order valence-corrected chi connectivity index (χ1v) is 8.56. The molecule has 0 amide bonds. The topological polar surface area (TPSA) is 22.9 Å².